The first-order valence-corrected chi connectivity index (χ1v) is 11.5. The molecule has 33 heavy (non-hydrogen) atoms. The Morgan fingerprint density at radius 1 is 1.21 bits per heavy atom. The lowest BCUT2D eigenvalue weighted by atomic mass is 10.1. The maximum atomic E-state index is 13.5. The van der Waals surface area contributed by atoms with Crippen LogP contribution in [-0.4, -0.2) is 48.7 Å². The number of piperidine rings is 1. The van der Waals surface area contributed by atoms with Gasteiger partial charge < -0.3 is 14.4 Å². The van der Waals surface area contributed by atoms with E-state index in [4.69, 9.17) is 4.74 Å². The van der Waals surface area contributed by atoms with Gasteiger partial charge >= 0.3 is 12.1 Å². The number of nitrogens with zero attached hydrogens (tertiary/aromatic N) is 4. The summed E-state index contributed by atoms with van der Waals surface area (Å²) in [5.74, 6) is -1.49. The third-order valence-corrected chi connectivity index (χ3v) is 6.11. The van der Waals surface area contributed by atoms with Crippen LogP contribution < -0.4 is 0 Å². The molecular formula is C23H25FN4O4S. The minimum Gasteiger partial charge on any atom is -0.476 e. The number of rotatable bonds is 4. The molecule has 1 saturated heterocycles. The number of benzene rings is 1. The number of aromatic nitrogens is 3. The second-order valence-corrected chi connectivity index (χ2v) is 9.71. The number of halogens is 1. The van der Waals surface area contributed by atoms with Gasteiger partial charge in [0.1, 0.15) is 28.3 Å². The van der Waals surface area contributed by atoms with Crippen molar-refractivity contribution in [1.29, 1.82) is 0 Å². The summed E-state index contributed by atoms with van der Waals surface area (Å²) in [6.07, 6.45) is 3.28. The molecule has 174 valence electrons. The zero-order chi connectivity index (χ0) is 23.8. The highest BCUT2D eigenvalue weighted by atomic mass is 32.1. The van der Waals surface area contributed by atoms with E-state index in [0.717, 1.165) is 12.8 Å². The molecule has 0 aliphatic carbocycles. The summed E-state index contributed by atoms with van der Waals surface area (Å²) in [5.41, 5.74) is 1.08. The molecule has 0 radical (unpaired) electrons. The van der Waals surface area contributed by atoms with Gasteiger partial charge in [-0.3, -0.25) is 4.90 Å². The number of thiazole rings is 1. The van der Waals surface area contributed by atoms with Gasteiger partial charge in [0.25, 0.3) is 0 Å². The molecule has 0 saturated carbocycles. The minimum atomic E-state index is -1.13. The molecule has 1 amide bonds. The zero-order valence-corrected chi connectivity index (χ0v) is 19.4. The topological polar surface area (TPSA) is 97.5 Å². The van der Waals surface area contributed by atoms with E-state index < -0.39 is 17.7 Å². The predicted molar refractivity (Wildman–Crippen MR) is 122 cm³/mol. The highest BCUT2D eigenvalue weighted by molar-refractivity contribution is 7.13. The molecular weight excluding hydrogens is 447 g/mol. The van der Waals surface area contributed by atoms with Gasteiger partial charge in [-0.2, -0.15) is 0 Å². The number of carbonyl (C=O) groups excluding carboxylic acids is 1. The summed E-state index contributed by atoms with van der Waals surface area (Å²) >= 11 is 1.18. The summed E-state index contributed by atoms with van der Waals surface area (Å²) in [7, 11) is 0. The van der Waals surface area contributed by atoms with E-state index in [1.165, 1.54) is 28.8 Å². The molecule has 0 bridgehead atoms. The van der Waals surface area contributed by atoms with Crippen molar-refractivity contribution in [3.63, 3.8) is 0 Å². The third kappa shape index (κ3) is 4.90. The smallest absolute Gasteiger partial charge is 0.411 e. The van der Waals surface area contributed by atoms with Crippen LogP contribution in [0, 0.1) is 5.82 Å². The molecule has 2 aromatic heterocycles. The van der Waals surface area contributed by atoms with Crippen LogP contribution in [0.2, 0.25) is 0 Å². The molecule has 1 aliphatic rings. The molecule has 1 fully saturated rings. The number of carboxylic acid groups (broad SMARTS) is 1. The first-order chi connectivity index (χ1) is 15.6. The Hall–Kier alpha value is -3.27. The lowest BCUT2D eigenvalue weighted by molar-refractivity contribution is -0.000901. The second-order valence-electron chi connectivity index (χ2n) is 8.85. The van der Waals surface area contributed by atoms with Gasteiger partial charge in [-0.25, -0.2) is 23.9 Å². The molecule has 0 spiro atoms. The van der Waals surface area contributed by atoms with Gasteiger partial charge in [-0.1, -0.05) is 0 Å². The molecule has 1 unspecified atom stereocenters. The van der Waals surface area contributed by atoms with Gasteiger partial charge in [0.2, 0.25) is 0 Å². The summed E-state index contributed by atoms with van der Waals surface area (Å²) in [4.78, 5) is 35.0. The van der Waals surface area contributed by atoms with Crippen molar-refractivity contribution >= 4 is 23.4 Å². The molecule has 1 aromatic carbocycles. The SMILES string of the molecule is CC(C)(C)OC(=O)N1CCCCC1n1cnc(-c2ccc(F)cc2)c1-c1nc(C(=O)O)cs1. The van der Waals surface area contributed by atoms with Crippen molar-refractivity contribution in [2.75, 3.05) is 6.54 Å². The Kier molecular flexibility index (Phi) is 6.20. The van der Waals surface area contributed by atoms with Crippen molar-refractivity contribution in [3.8, 4) is 22.0 Å². The van der Waals surface area contributed by atoms with Crippen LogP contribution in [0.5, 0.6) is 0 Å². The highest BCUT2D eigenvalue weighted by Gasteiger charge is 2.34. The van der Waals surface area contributed by atoms with E-state index in [2.05, 4.69) is 9.97 Å². The van der Waals surface area contributed by atoms with E-state index in [0.29, 0.717) is 34.9 Å². The summed E-state index contributed by atoms with van der Waals surface area (Å²) < 4.78 is 21.0. The molecule has 8 nitrogen and oxygen atoms in total. The summed E-state index contributed by atoms with van der Waals surface area (Å²) in [6.45, 7) is 5.99. The summed E-state index contributed by atoms with van der Waals surface area (Å²) in [6, 6.07) is 5.92. The number of hydrogen-bond acceptors (Lipinski definition) is 6. The Morgan fingerprint density at radius 3 is 2.58 bits per heavy atom. The van der Waals surface area contributed by atoms with Crippen molar-refractivity contribution < 1.29 is 23.8 Å². The molecule has 4 rings (SSSR count). The zero-order valence-electron chi connectivity index (χ0n) is 18.6. The van der Waals surface area contributed by atoms with Crippen LogP contribution in [0.15, 0.2) is 36.0 Å². The number of imidazole rings is 1. The van der Waals surface area contributed by atoms with Crippen molar-refractivity contribution in [2.24, 2.45) is 0 Å². The number of hydrogen-bond donors (Lipinski definition) is 1. The third-order valence-electron chi connectivity index (χ3n) is 5.26. The first kappa shape index (κ1) is 22.9. The maximum absolute atomic E-state index is 13.5. The van der Waals surface area contributed by atoms with Gasteiger partial charge in [-0.15, -0.1) is 11.3 Å². The normalized spacial score (nSPS) is 16.6. The fourth-order valence-electron chi connectivity index (χ4n) is 3.84. The van der Waals surface area contributed by atoms with Crippen molar-refractivity contribution in [1.82, 2.24) is 19.4 Å². The average molecular weight is 473 g/mol. The first-order valence-electron chi connectivity index (χ1n) is 10.7. The molecule has 10 heteroatoms. The number of carbonyl (C=O) groups is 2. The van der Waals surface area contributed by atoms with Crippen molar-refractivity contribution in [2.45, 2.75) is 51.8 Å². The fraction of sp³-hybridized carbons (Fsp3) is 0.391. The number of carboxylic acids is 1. The van der Waals surface area contributed by atoms with Gasteiger partial charge in [0.15, 0.2) is 5.69 Å². The Bertz CT molecular complexity index is 1170. The van der Waals surface area contributed by atoms with E-state index in [1.807, 2.05) is 25.3 Å². The van der Waals surface area contributed by atoms with Crippen LogP contribution in [-0.2, 0) is 4.74 Å². The number of amides is 1. The molecule has 1 atom stereocenters. The van der Waals surface area contributed by atoms with Crippen LogP contribution in [0.1, 0.15) is 56.7 Å². The predicted octanol–water partition coefficient (Wildman–Crippen LogP) is 5.43. The molecule has 3 aromatic rings. The monoisotopic (exact) mass is 472 g/mol. The molecule has 1 N–H and O–H groups in total. The highest BCUT2D eigenvalue weighted by Crippen LogP contribution is 2.38. The molecule has 3 heterocycles. The lowest BCUT2D eigenvalue weighted by Gasteiger charge is -2.37. The largest absolute Gasteiger partial charge is 0.476 e. The number of aromatic carboxylic acids is 1. The maximum Gasteiger partial charge on any atom is 0.411 e. The van der Waals surface area contributed by atoms with E-state index in [1.54, 1.807) is 23.4 Å². The number of ether oxygens (including phenoxy) is 1. The lowest BCUT2D eigenvalue weighted by Crippen LogP contribution is -2.44. The van der Waals surface area contributed by atoms with Gasteiger partial charge in [-0.05, 0) is 64.3 Å². The fourth-order valence-corrected chi connectivity index (χ4v) is 4.68. The van der Waals surface area contributed by atoms with Crippen LogP contribution in [0.4, 0.5) is 9.18 Å². The Morgan fingerprint density at radius 2 is 1.94 bits per heavy atom. The minimum absolute atomic E-state index is 0.0690. The Labute approximate surface area is 194 Å². The van der Waals surface area contributed by atoms with Crippen LogP contribution >= 0.6 is 11.3 Å². The van der Waals surface area contributed by atoms with E-state index in [9.17, 15) is 19.1 Å². The van der Waals surface area contributed by atoms with Crippen LogP contribution in [0.25, 0.3) is 22.0 Å². The van der Waals surface area contributed by atoms with Crippen molar-refractivity contribution in [3.05, 3.63) is 47.5 Å². The quantitative estimate of drug-likeness (QED) is 0.544. The second kappa shape index (κ2) is 8.93. The Balaban J connectivity index is 1.82. The summed E-state index contributed by atoms with van der Waals surface area (Å²) in [5, 5.41) is 11.3. The number of likely N-dealkylation sites (tertiary alicyclic amines) is 1. The van der Waals surface area contributed by atoms with E-state index in [-0.39, 0.29) is 17.7 Å². The van der Waals surface area contributed by atoms with E-state index >= 15 is 0 Å². The molecule has 1 aliphatic heterocycles. The average Bonchev–Trinajstić information content (AvgIpc) is 3.40. The standard InChI is InChI=1S/C23H25FN4O4S/c1-23(2,3)32-22(31)27-11-5-4-6-17(27)28-13-25-18(14-7-9-15(24)10-8-14)19(28)20-26-16(12-33-20)21(29)30/h7-10,12-13,17H,4-6,11H2,1-3H3,(H,29,30). The van der Waals surface area contributed by atoms with Crippen LogP contribution in [0.3, 0.4) is 0 Å². The van der Waals surface area contributed by atoms with Gasteiger partial charge in [0.05, 0.1) is 12.0 Å². The van der Waals surface area contributed by atoms with Gasteiger partial charge in [0, 0.05) is 17.5 Å².